The van der Waals surface area contributed by atoms with Crippen molar-refractivity contribution in [3.63, 3.8) is 0 Å². The van der Waals surface area contributed by atoms with Crippen LogP contribution in [0.25, 0.3) is 0 Å². The van der Waals surface area contributed by atoms with Crippen molar-refractivity contribution in [1.82, 2.24) is 10.2 Å². The fraction of sp³-hybridized carbons (Fsp3) is 0.769. The highest BCUT2D eigenvalue weighted by Gasteiger charge is 2.30. The van der Waals surface area contributed by atoms with Gasteiger partial charge < -0.3 is 19.9 Å². The number of carboxylic acids is 1. The molecule has 1 aliphatic heterocycles. The molecule has 1 fully saturated rings. The molecule has 0 aromatic carbocycles. The SMILES string of the molecule is CCOC(=O)CCCNC(=O)CN1CCOCC1C(=O)O. The molecule has 1 saturated heterocycles. The number of carbonyl (C=O) groups is 3. The van der Waals surface area contributed by atoms with Crippen LogP contribution >= 0.6 is 0 Å². The molecule has 1 heterocycles. The Morgan fingerprint density at radius 1 is 1.43 bits per heavy atom. The van der Waals surface area contributed by atoms with Crippen LogP contribution in [0.2, 0.25) is 0 Å². The third-order valence-electron chi connectivity index (χ3n) is 3.06. The first-order valence-electron chi connectivity index (χ1n) is 7.01. The maximum Gasteiger partial charge on any atom is 0.323 e. The molecular formula is C13H22N2O6. The Labute approximate surface area is 123 Å². The number of hydrogen-bond acceptors (Lipinski definition) is 6. The monoisotopic (exact) mass is 302 g/mol. The zero-order valence-electron chi connectivity index (χ0n) is 12.2. The van der Waals surface area contributed by atoms with Gasteiger partial charge in [-0.3, -0.25) is 19.3 Å². The molecule has 1 unspecified atom stereocenters. The van der Waals surface area contributed by atoms with E-state index in [-0.39, 0.29) is 31.4 Å². The largest absolute Gasteiger partial charge is 0.480 e. The molecule has 120 valence electrons. The predicted octanol–water partition coefficient (Wildman–Crippen LogP) is -0.769. The van der Waals surface area contributed by atoms with Crippen LogP contribution in [0.1, 0.15) is 19.8 Å². The van der Waals surface area contributed by atoms with Crippen LogP contribution in [0.4, 0.5) is 0 Å². The minimum absolute atomic E-state index is 0.0136. The molecular weight excluding hydrogens is 280 g/mol. The van der Waals surface area contributed by atoms with Crippen molar-refractivity contribution in [3.05, 3.63) is 0 Å². The number of nitrogens with one attached hydrogen (secondary N) is 1. The molecule has 0 spiro atoms. The van der Waals surface area contributed by atoms with Gasteiger partial charge in [-0.15, -0.1) is 0 Å². The van der Waals surface area contributed by atoms with Crippen molar-refractivity contribution in [1.29, 1.82) is 0 Å². The molecule has 1 atom stereocenters. The number of esters is 1. The Morgan fingerprint density at radius 2 is 2.19 bits per heavy atom. The highest BCUT2D eigenvalue weighted by atomic mass is 16.5. The van der Waals surface area contributed by atoms with Gasteiger partial charge in [-0.25, -0.2) is 0 Å². The summed E-state index contributed by atoms with van der Waals surface area (Å²) < 4.78 is 9.87. The molecule has 1 amide bonds. The number of nitrogens with zero attached hydrogens (tertiary/aromatic N) is 1. The number of hydrogen-bond donors (Lipinski definition) is 2. The van der Waals surface area contributed by atoms with Crippen molar-refractivity contribution >= 4 is 17.8 Å². The lowest BCUT2D eigenvalue weighted by atomic mass is 10.2. The number of rotatable bonds is 8. The summed E-state index contributed by atoms with van der Waals surface area (Å²) in [5, 5.41) is 11.7. The number of morpholine rings is 1. The topological polar surface area (TPSA) is 105 Å². The van der Waals surface area contributed by atoms with Gasteiger partial charge in [0.2, 0.25) is 5.91 Å². The predicted molar refractivity (Wildman–Crippen MR) is 72.7 cm³/mol. The molecule has 0 aromatic heterocycles. The van der Waals surface area contributed by atoms with Gasteiger partial charge in [0, 0.05) is 19.5 Å². The molecule has 0 aromatic rings. The Hall–Kier alpha value is -1.67. The molecule has 0 aliphatic carbocycles. The van der Waals surface area contributed by atoms with E-state index in [9.17, 15) is 14.4 Å². The summed E-state index contributed by atoms with van der Waals surface area (Å²) in [7, 11) is 0. The first-order chi connectivity index (χ1) is 10.0. The fourth-order valence-corrected chi connectivity index (χ4v) is 1.99. The van der Waals surface area contributed by atoms with Crippen LogP contribution in [0, 0.1) is 0 Å². The second-order valence-corrected chi connectivity index (χ2v) is 4.66. The van der Waals surface area contributed by atoms with Gasteiger partial charge >= 0.3 is 11.9 Å². The lowest BCUT2D eigenvalue weighted by Gasteiger charge is -2.32. The summed E-state index contributed by atoms with van der Waals surface area (Å²) >= 11 is 0. The summed E-state index contributed by atoms with van der Waals surface area (Å²) in [5.41, 5.74) is 0. The van der Waals surface area contributed by atoms with Gasteiger partial charge in [0.25, 0.3) is 0 Å². The third-order valence-corrected chi connectivity index (χ3v) is 3.06. The molecule has 8 nitrogen and oxygen atoms in total. The average Bonchev–Trinajstić information content (AvgIpc) is 2.44. The summed E-state index contributed by atoms with van der Waals surface area (Å²) in [6, 6.07) is -0.788. The van der Waals surface area contributed by atoms with Crippen molar-refractivity contribution < 1.29 is 29.0 Å². The number of amides is 1. The van der Waals surface area contributed by atoms with Crippen LogP contribution in [0.5, 0.6) is 0 Å². The maximum absolute atomic E-state index is 11.7. The third kappa shape index (κ3) is 6.54. The van der Waals surface area contributed by atoms with E-state index in [2.05, 4.69) is 5.32 Å². The Bertz CT molecular complexity index is 374. The fourth-order valence-electron chi connectivity index (χ4n) is 1.99. The number of aliphatic carboxylic acids is 1. The molecule has 0 bridgehead atoms. The zero-order valence-corrected chi connectivity index (χ0v) is 12.2. The van der Waals surface area contributed by atoms with E-state index in [1.807, 2.05) is 0 Å². The van der Waals surface area contributed by atoms with Gasteiger partial charge in [-0.1, -0.05) is 0 Å². The lowest BCUT2D eigenvalue weighted by molar-refractivity contribution is -0.150. The Kier molecular flexibility index (Phi) is 7.70. The second-order valence-electron chi connectivity index (χ2n) is 4.66. The summed E-state index contributed by atoms with van der Waals surface area (Å²) in [4.78, 5) is 35.5. The van der Waals surface area contributed by atoms with Crippen LogP contribution in [0.15, 0.2) is 0 Å². The molecule has 2 N–H and O–H groups in total. The van der Waals surface area contributed by atoms with Crippen molar-refractivity contribution in [2.75, 3.05) is 39.5 Å². The summed E-state index contributed by atoms with van der Waals surface area (Å²) in [5.74, 6) is -1.54. The summed E-state index contributed by atoms with van der Waals surface area (Å²) in [6.07, 6.45) is 0.749. The highest BCUT2D eigenvalue weighted by Crippen LogP contribution is 2.06. The molecule has 1 rings (SSSR count). The van der Waals surface area contributed by atoms with E-state index < -0.39 is 12.0 Å². The van der Waals surface area contributed by atoms with Crippen molar-refractivity contribution in [3.8, 4) is 0 Å². The first kappa shape index (κ1) is 17.4. The second kappa shape index (κ2) is 9.30. The zero-order chi connectivity index (χ0) is 15.7. The Balaban J connectivity index is 2.23. The van der Waals surface area contributed by atoms with E-state index in [1.165, 1.54) is 0 Å². The lowest BCUT2D eigenvalue weighted by Crippen LogP contribution is -2.53. The average molecular weight is 302 g/mol. The number of carbonyl (C=O) groups excluding carboxylic acids is 2. The van der Waals surface area contributed by atoms with Crippen molar-refractivity contribution in [2.24, 2.45) is 0 Å². The smallest absolute Gasteiger partial charge is 0.323 e. The maximum atomic E-state index is 11.7. The molecule has 8 heteroatoms. The quantitative estimate of drug-likeness (QED) is 0.448. The van der Waals surface area contributed by atoms with Crippen LogP contribution in [-0.2, 0) is 23.9 Å². The van der Waals surface area contributed by atoms with Crippen LogP contribution in [0.3, 0.4) is 0 Å². The van der Waals surface area contributed by atoms with Crippen molar-refractivity contribution in [2.45, 2.75) is 25.8 Å². The van der Waals surface area contributed by atoms with Gasteiger partial charge in [0.05, 0.1) is 26.4 Å². The minimum atomic E-state index is -0.996. The first-order valence-corrected chi connectivity index (χ1v) is 7.01. The highest BCUT2D eigenvalue weighted by molar-refractivity contribution is 5.80. The van der Waals surface area contributed by atoms with Gasteiger partial charge in [0.1, 0.15) is 6.04 Å². The Morgan fingerprint density at radius 3 is 2.86 bits per heavy atom. The summed E-state index contributed by atoms with van der Waals surface area (Å²) in [6.45, 7) is 3.37. The van der Waals surface area contributed by atoms with E-state index in [0.29, 0.717) is 32.7 Å². The van der Waals surface area contributed by atoms with Gasteiger partial charge in [-0.2, -0.15) is 0 Å². The van der Waals surface area contributed by atoms with Gasteiger partial charge in [0.15, 0.2) is 0 Å². The van der Waals surface area contributed by atoms with E-state index >= 15 is 0 Å². The molecule has 1 aliphatic rings. The normalized spacial score (nSPS) is 19.0. The minimum Gasteiger partial charge on any atom is -0.480 e. The number of carboxylic acid groups (broad SMARTS) is 1. The number of ether oxygens (including phenoxy) is 2. The van der Waals surface area contributed by atoms with E-state index in [1.54, 1.807) is 11.8 Å². The van der Waals surface area contributed by atoms with Crippen LogP contribution < -0.4 is 5.32 Å². The molecule has 0 saturated carbocycles. The standard InChI is InChI=1S/C13H22N2O6/c1-2-21-12(17)4-3-5-14-11(16)8-15-6-7-20-9-10(15)13(18)19/h10H,2-9H2,1H3,(H,14,16)(H,18,19). The van der Waals surface area contributed by atoms with Crippen LogP contribution in [-0.4, -0.2) is 73.3 Å². The van der Waals surface area contributed by atoms with E-state index in [4.69, 9.17) is 14.6 Å². The molecule has 0 radical (unpaired) electrons. The van der Waals surface area contributed by atoms with Gasteiger partial charge in [-0.05, 0) is 13.3 Å². The van der Waals surface area contributed by atoms with E-state index in [0.717, 1.165) is 0 Å². The molecule has 21 heavy (non-hydrogen) atoms.